The molecule has 0 atom stereocenters. The fraction of sp³-hybridized carbons (Fsp3) is 0.900. The van der Waals surface area contributed by atoms with Gasteiger partial charge >= 0.3 is 0 Å². The average molecular weight is 199 g/mol. The molecule has 0 spiro atoms. The Balaban J connectivity index is 2.08. The van der Waals surface area contributed by atoms with E-state index in [1.165, 1.54) is 0 Å². The highest BCUT2D eigenvalue weighted by molar-refractivity contribution is 5.78. The highest BCUT2D eigenvalue weighted by Crippen LogP contribution is 2.17. The molecule has 0 bridgehead atoms. The van der Waals surface area contributed by atoms with Crippen LogP contribution in [0.4, 0.5) is 0 Å². The molecule has 4 heteroatoms. The summed E-state index contributed by atoms with van der Waals surface area (Å²) in [4.78, 5) is 13.4. The molecule has 0 saturated carbocycles. The van der Waals surface area contributed by atoms with Gasteiger partial charge in [-0.15, -0.1) is 0 Å². The molecular weight excluding hydrogens is 178 g/mol. The minimum atomic E-state index is 0.132. The molecule has 1 aliphatic heterocycles. The molecule has 0 radical (unpaired) electrons. The Hall–Kier alpha value is -0.610. The summed E-state index contributed by atoms with van der Waals surface area (Å²) in [7, 11) is 0. The van der Waals surface area contributed by atoms with Crippen molar-refractivity contribution in [3.63, 3.8) is 0 Å². The van der Waals surface area contributed by atoms with E-state index in [9.17, 15) is 4.79 Å². The molecule has 0 aromatic carbocycles. The summed E-state index contributed by atoms with van der Waals surface area (Å²) >= 11 is 0. The summed E-state index contributed by atoms with van der Waals surface area (Å²) in [6, 6.07) is 0. The van der Waals surface area contributed by atoms with E-state index >= 15 is 0 Å². The normalized spacial score (nSPS) is 17.3. The number of amides is 1. The zero-order chi connectivity index (χ0) is 10.6. The quantitative estimate of drug-likeness (QED) is 0.595. The largest absolute Gasteiger partial charge is 0.342 e. The van der Waals surface area contributed by atoms with Gasteiger partial charge in [0.05, 0.1) is 0 Å². The molecule has 1 heterocycles. The van der Waals surface area contributed by atoms with Crippen molar-refractivity contribution in [2.24, 2.45) is 17.6 Å². The van der Waals surface area contributed by atoms with Crippen LogP contribution in [0, 0.1) is 11.8 Å². The van der Waals surface area contributed by atoms with Crippen molar-refractivity contribution < 1.29 is 4.79 Å². The molecule has 1 aliphatic rings. The first-order valence-corrected chi connectivity index (χ1v) is 5.34. The molecule has 3 N–H and O–H groups in total. The van der Waals surface area contributed by atoms with Gasteiger partial charge in [-0.1, -0.05) is 13.8 Å². The van der Waals surface area contributed by atoms with Crippen LogP contribution in [0.5, 0.6) is 0 Å². The van der Waals surface area contributed by atoms with Gasteiger partial charge < -0.3 is 16.0 Å². The Bertz CT molecular complexity index is 188. The number of carbonyl (C=O) groups excluding carboxylic acids is 1. The van der Waals surface area contributed by atoms with Crippen LogP contribution in [0.2, 0.25) is 0 Å². The Labute approximate surface area is 85.8 Å². The SMILES string of the molecule is CC(C)C(=O)N1CC(CNCCN)C1. The second-order valence-corrected chi connectivity index (χ2v) is 4.26. The third kappa shape index (κ3) is 2.96. The number of hydrogen-bond donors (Lipinski definition) is 2. The molecule has 1 fully saturated rings. The molecule has 1 saturated heterocycles. The summed E-state index contributed by atoms with van der Waals surface area (Å²) in [5.41, 5.74) is 5.36. The molecule has 0 aromatic heterocycles. The van der Waals surface area contributed by atoms with Crippen molar-refractivity contribution in [2.75, 3.05) is 32.7 Å². The van der Waals surface area contributed by atoms with Crippen molar-refractivity contribution in [3.8, 4) is 0 Å². The lowest BCUT2D eigenvalue weighted by atomic mass is 9.98. The molecule has 4 nitrogen and oxygen atoms in total. The van der Waals surface area contributed by atoms with E-state index in [-0.39, 0.29) is 11.8 Å². The molecule has 0 aromatic rings. The molecule has 1 amide bonds. The summed E-state index contributed by atoms with van der Waals surface area (Å²) in [6.45, 7) is 8.25. The van der Waals surface area contributed by atoms with E-state index in [4.69, 9.17) is 5.73 Å². The van der Waals surface area contributed by atoms with Gasteiger partial charge in [0.25, 0.3) is 0 Å². The van der Waals surface area contributed by atoms with Gasteiger partial charge in [0, 0.05) is 44.6 Å². The van der Waals surface area contributed by atoms with Crippen LogP contribution >= 0.6 is 0 Å². The lowest BCUT2D eigenvalue weighted by molar-refractivity contribution is -0.140. The second-order valence-electron chi connectivity index (χ2n) is 4.26. The number of carbonyl (C=O) groups is 1. The van der Waals surface area contributed by atoms with E-state index in [0.29, 0.717) is 12.5 Å². The first-order valence-electron chi connectivity index (χ1n) is 5.34. The fourth-order valence-electron chi connectivity index (χ4n) is 1.65. The Morgan fingerprint density at radius 1 is 1.57 bits per heavy atom. The molecule has 82 valence electrons. The zero-order valence-corrected chi connectivity index (χ0v) is 9.12. The molecule has 0 aliphatic carbocycles. The Morgan fingerprint density at radius 2 is 2.21 bits per heavy atom. The van der Waals surface area contributed by atoms with Crippen LogP contribution in [-0.4, -0.2) is 43.5 Å². The maximum atomic E-state index is 11.5. The van der Waals surface area contributed by atoms with Gasteiger partial charge in [0.2, 0.25) is 5.91 Å². The van der Waals surface area contributed by atoms with Gasteiger partial charge in [-0.05, 0) is 0 Å². The minimum absolute atomic E-state index is 0.132. The average Bonchev–Trinajstić information content (AvgIpc) is 2.08. The number of nitrogens with two attached hydrogens (primary N) is 1. The molecular formula is C10H21N3O. The van der Waals surface area contributed by atoms with Crippen LogP contribution < -0.4 is 11.1 Å². The number of nitrogens with zero attached hydrogens (tertiary/aromatic N) is 1. The third-order valence-electron chi connectivity index (χ3n) is 2.52. The fourth-order valence-corrected chi connectivity index (χ4v) is 1.65. The summed E-state index contributed by atoms with van der Waals surface area (Å²) in [6.07, 6.45) is 0. The maximum absolute atomic E-state index is 11.5. The predicted octanol–water partition coefficient (Wildman–Crippen LogP) is -0.351. The van der Waals surface area contributed by atoms with Crippen molar-refractivity contribution in [1.82, 2.24) is 10.2 Å². The zero-order valence-electron chi connectivity index (χ0n) is 9.12. The maximum Gasteiger partial charge on any atom is 0.225 e. The van der Waals surface area contributed by atoms with Crippen molar-refractivity contribution in [2.45, 2.75) is 13.8 Å². The molecule has 0 unspecified atom stereocenters. The summed E-state index contributed by atoms with van der Waals surface area (Å²) in [5, 5.41) is 3.26. The van der Waals surface area contributed by atoms with E-state index in [1.54, 1.807) is 0 Å². The smallest absolute Gasteiger partial charge is 0.225 e. The molecule has 1 rings (SSSR count). The number of rotatable bonds is 5. The Morgan fingerprint density at radius 3 is 2.71 bits per heavy atom. The first-order chi connectivity index (χ1) is 6.65. The summed E-state index contributed by atoms with van der Waals surface area (Å²) < 4.78 is 0. The number of hydrogen-bond acceptors (Lipinski definition) is 3. The monoisotopic (exact) mass is 199 g/mol. The minimum Gasteiger partial charge on any atom is -0.342 e. The van der Waals surface area contributed by atoms with Crippen LogP contribution in [0.25, 0.3) is 0 Å². The lowest BCUT2D eigenvalue weighted by Crippen LogP contribution is -2.54. The number of likely N-dealkylation sites (tertiary alicyclic amines) is 1. The van der Waals surface area contributed by atoms with Crippen LogP contribution in [0.3, 0.4) is 0 Å². The third-order valence-corrected chi connectivity index (χ3v) is 2.52. The summed E-state index contributed by atoms with van der Waals surface area (Å²) in [5.74, 6) is 1.04. The van der Waals surface area contributed by atoms with E-state index in [2.05, 4.69) is 5.32 Å². The topological polar surface area (TPSA) is 58.4 Å². The van der Waals surface area contributed by atoms with Crippen molar-refractivity contribution in [1.29, 1.82) is 0 Å². The van der Waals surface area contributed by atoms with Crippen LogP contribution in [0.1, 0.15) is 13.8 Å². The van der Waals surface area contributed by atoms with E-state index in [0.717, 1.165) is 26.2 Å². The van der Waals surface area contributed by atoms with Gasteiger partial charge in [0.1, 0.15) is 0 Å². The predicted molar refractivity (Wildman–Crippen MR) is 56.8 cm³/mol. The van der Waals surface area contributed by atoms with E-state index < -0.39 is 0 Å². The highest BCUT2D eigenvalue weighted by atomic mass is 16.2. The Kier molecular flexibility index (Phi) is 4.35. The second kappa shape index (κ2) is 5.32. The van der Waals surface area contributed by atoms with Crippen molar-refractivity contribution >= 4 is 5.91 Å². The van der Waals surface area contributed by atoms with Gasteiger partial charge in [0.15, 0.2) is 0 Å². The van der Waals surface area contributed by atoms with E-state index in [1.807, 2.05) is 18.7 Å². The van der Waals surface area contributed by atoms with Crippen LogP contribution in [-0.2, 0) is 4.79 Å². The highest BCUT2D eigenvalue weighted by Gasteiger charge is 2.30. The van der Waals surface area contributed by atoms with Crippen LogP contribution in [0.15, 0.2) is 0 Å². The van der Waals surface area contributed by atoms with Crippen molar-refractivity contribution in [3.05, 3.63) is 0 Å². The van der Waals surface area contributed by atoms with Gasteiger partial charge in [-0.3, -0.25) is 4.79 Å². The standard InChI is InChI=1S/C10H21N3O/c1-8(2)10(14)13-6-9(7-13)5-12-4-3-11/h8-9,12H,3-7,11H2,1-2H3. The van der Waals surface area contributed by atoms with Gasteiger partial charge in [-0.2, -0.15) is 0 Å². The van der Waals surface area contributed by atoms with Gasteiger partial charge in [-0.25, -0.2) is 0 Å². The first kappa shape index (κ1) is 11.5. The lowest BCUT2D eigenvalue weighted by Gasteiger charge is -2.40. The molecule has 14 heavy (non-hydrogen) atoms. The number of nitrogens with one attached hydrogen (secondary N) is 1.